The van der Waals surface area contributed by atoms with E-state index >= 15 is 0 Å². The third-order valence-corrected chi connectivity index (χ3v) is 9.44. The maximum atomic E-state index is 2.35. The second-order valence-electron chi connectivity index (χ2n) is 13.4. The van der Waals surface area contributed by atoms with E-state index < -0.39 is 0 Å². The lowest BCUT2D eigenvalue weighted by molar-refractivity contribution is -0.929. The lowest BCUT2D eigenvalue weighted by atomic mass is 10.0. The van der Waals surface area contributed by atoms with Crippen LogP contribution in [0.25, 0.3) is 0 Å². The maximum Gasteiger partial charge on any atom is 0.0786 e. The van der Waals surface area contributed by atoms with Crippen molar-refractivity contribution in [3.63, 3.8) is 0 Å². The zero-order chi connectivity index (χ0) is 28.5. The zero-order valence-corrected chi connectivity index (χ0v) is 31.0. The molecular weight excluding hydrogens is 597 g/mol. The third-order valence-electron chi connectivity index (χ3n) is 9.44. The topological polar surface area (TPSA) is 0 Å². The molecule has 244 valence electrons. The van der Waals surface area contributed by atoms with Crippen LogP contribution in [0, 0.1) is 0 Å². The minimum atomic E-state index is 0. The van der Waals surface area contributed by atoms with Crippen LogP contribution in [0.2, 0.25) is 0 Å². The van der Waals surface area contributed by atoms with Gasteiger partial charge in [0, 0.05) is 0 Å². The van der Waals surface area contributed by atoms with Crippen molar-refractivity contribution in [1.82, 2.24) is 0 Å². The smallest absolute Gasteiger partial charge is 0.0786 e. The van der Waals surface area contributed by atoms with Gasteiger partial charge >= 0.3 is 0 Å². The highest BCUT2D eigenvalue weighted by Crippen LogP contribution is 2.21. The largest absolute Gasteiger partial charge is 1.00 e. The summed E-state index contributed by atoms with van der Waals surface area (Å²) in [5.74, 6) is 0. The molecule has 0 aliphatic rings. The van der Waals surface area contributed by atoms with Crippen molar-refractivity contribution in [2.75, 3.05) is 26.2 Å². The fourth-order valence-electron chi connectivity index (χ4n) is 6.64. The number of quaternary nitrogens is 1. The summed E-state index contributed by atoms with van der Waals surface area (Å²) in [7, 11) is 0. The van der Waals surface area contributed by atoms with E-state index in [9.17, 15) is 0 Å². The highest BCUT2D eigenvalue weighted by Gasteiger charge is 2.25. The summed E-state index contributed by atoms with van der Waals surface area (Å²) in [6.45, 7) is 15.3. The van der Waals surface area contributed by atoms with Crippen LogP contribution < -0.4 is 24.0 Å². The van der Waals surface area contributed by atoms with E-state index in [-0.39, 0.29) is 24.0 Å². The van der Waals surface area contributed by atoms with Gasteiger partial charge in [-0.2, -0.15) is 0 Å². The molecule has 0 amide bonds. The number of unbranched alkanes of at least 4 members (excludes halogenated alkanes) is 26. The Morgan fingerprint density at radius 2 is 0.375 bits per heavy atom. The Kier molecular flexibility index (Phi) is 38.4. The van der Waals surface area contributed by atoms with Gasteiger partial charge in [0.2, 0.25) is 0 Å². The third kappa shape index (κ3) is 30.2. The zero-order valence-electron chi connectivity index (χ0n) is 28.9. The highest BCUT2D eigenvalue weighted by molar-refractivity contribution is 4.55. The molecule has 2 heteroatoms. The van der Waals surface area contributed by atoms with Gasteiger partial charge in [0.15, 0.2) is 0 Å². The molecule has 0 bridgehead atoms. The molecule has 0 aromatic heterocycles. The van der Waals surface area contributed by atoms with Crippen LogP contribution in [0.4, 0.5) is 0 Å². The molecule has 0 fully saturated rings. The second-order valence-corrected chi connectivity index (χ2v) is 13.4. The van der Waals surface area contributed by atoms with Crippen molar-refractivity contribution >= 4 is 0 Å². The van der Waals surface area contributed by atoms with E-state index in [1.165, 1.54) is 223 Å². The van der Waals surface area contributed by atoms with E-state index in [1.54, 1.807) is 0 Å². The average Bonchev–Trinajstić information content (AvgIpc) is 2.94. The monoisotopic (exact) mass is 678 g/mol. The molecule has 0 aliphatic heterocycles. The van der Waals surface area contributed by atoms with Gasteiger partial charge in [-0.05, 0) is 51.4 Å². The first-order chi connectivity index (χ1) is 19.2. The van der Waals surface area contributed by atoms with Gasteiger partial charge in [-0.15, -0.1) is 0 Å². The van der Waals surface area contributed by atoms with Crippen LogP contribution in [0.5, 0.6) is 0 Å². The molecule has 0 spiro atoms. The molecule has 40 heavy (non-hydrogen) atoms. The number of hydrogen-bond acceptors (Lipinski definition) is 0. The molecular formula is C38H80IN. The van der Waals surface area contributed by atoms with E-state index in [0.717, 1.165) is 0 Å². The van der Waals surface area contributed by atoms with Crippen LogP contribution in [0.3, 0.4) is 0 Å². The molecule has 0 saturated carbocycles. The summed E-state index contributed by atoms with van der Waals surface area (Å²) >= 11 is 0. The molecule has 0 rings (SSSR count). The SMILES string of the molecule is CCCCCCCCCCCC[N+](CCCCCCC)(CCCCCCC)CCCCCCCCCCCC.[I-]. The Morgan fingerprint density at radius 1 is 0.225 bits per heavy atom. The summed E-state index contributed by atoms with van der Waals surface area (Å²) in [5.41, 5.74) is 0. The fourth-order valence-corrected chi connectivity index (χ4v) is 6.64. The number of nitrogens with zero attached hydrogens (tertiary/aromatic N) is 1. The molecule has 0 aromatic carbocycles. The number of halogens is 1. The van der Waals surface area contributed by atoms with Gasteiger partial charge in [0.05, 0.1) is 26.2 Å². The lowest BCUT2D eigenvalue weighted by Crippen LogP contribution is -3.00. The van der Waals surface area contributed by atoms with Gasteiger partial charge in [0.25, 0.3) is 0 Å². The first-order valence-electron chi connectivity index (χ1n) is 19.1. The molecule has 0 saturated heterocycles. The Hall–Kier alpha value is 0.690. The van der Waals surface area contributed by atoms with Gasteiger partial charge in [-0.3, -0.25) is 0 Å². The highest BCUT2D eigenvalue weighted by atomic mass is 127. The van der Waals surface area contributed by atoms with E-state index in [1.807, 2.05) is 0 Å². The lowest BCUT2D eigenvalue weighted by Gasteiger charge is -2.40. The van der Waals surface area contributed by atoms with E-state index in [4.69, 9.17) is 0 Å². The molecule has 0 atom stereocenters. The first-order valence-corrected chi connectivity index (χ1v) is 19.1. The van der Waals surface area contributed by atoms with Crippen molar-refractivity contribution < 1.29 is 28.5 Å². The predicted molar refractivity (Wildman–Crippen MR) is 181 cm³/mol. The average molecular weight is 678 g/mol. The summed E-state index contributed by atoms with van der Waals surface area (Å²) < 4.78 is 1.48. The summed E-state index contributed by atoms with van der Waals surface area (Å²) in [4.78, 5) is 0. The standard InChI is InChI=1S/C38H80N.HI/c1-5-9-13-17-19-21-23-25-29-33-37-39(35-31-27-15-11-7-3,36-32-28-16-12-8-4)38-34-30-26-24-22-20-18-14-10-6-2;/h5-38H2,1-4H3;1H/q+1;/p-1. The van der Waals surface area contributed by atoms with Crippen LogP contribution in [-0.4, -0.2) is 30.7 Å². The predicted octanol–water partition coefficient (Wildman–Crippen LogP) is 10.6. The van der Waals surface area contributed by atoms with Crippen molar-refractivity contribution in [2.24, 2.45) is 0 Å². The molecule has 1 nitrogen and oxygen atoms in total. The van der Waals surface area contributed by atoms with E-state index in [2.05, 4.69) is 27.7 Å². The van der Waals surface area contributed by atoms with Crippen molar-refractivity contribution in [1.29, 1.82) is 0 Å². The van der Waals surface area contributed by atoms with Crippen molar-refractivity contribution in [3.8, 4) is 0 Å². The van der Waals surface area contributed by atoms with Crippen LogP contribution in [-0.2, 0) is 0 Å². The number of rotatable bonds is 34. The van der Waals surface area contributed by atoms with Gasteiger partial charge in [-0.1, -0.05) is 169 Å². The maximum absolute atomic E-state index is 2.35. The van der Waals surface area contributed by atoms with Crippen LogP contribution in [0.1, 0.15) is 220 Å². The van der Waals surface area contributed by atoms with E-state index in [0.29, 0.717) is 0 Å². The van der Waals surface area contributed by atoms with Gasteiger partial charge in [-0.25, -0.2) is 0 Å². The minimum absolute atomic E-state index is 0. The molecule has 0 unspecified atom stereocenters. The number of hydrogen-bond donors (Lipinski definition) is 0. The Balaban J connectivity index is 0. The molecule has 0 N–H and O–H groups in total. The normalized spacial score (nSPS) is 11.7. The molecule has 0 heterocycles. The Labute approximate surface area is 273 Å². The summed E-state index contributed by atoms with van der Waals surface area (Å²) in [6.07, 6.45) is 43.7. The Morgan fingerprint density at radius 3 is 0.550 bits per heavy atom. The molecule has 0 aromatic rings. The molecule has 0 radical (unpaired) electrons. The fraction of sp³-hybridized carbons (Fsp3) is 1.00. The van der Waals surface area contributed by atoms with Gasteiger partial charge in [0.1, 0.15) is 0 Å². The molecule has 0 aliphatic carbocycles. The van der Waals surface area contributed by atoms with Crippen LogP contribution >= 0.6 is 0 Å². The minimum Gasteiger partial charge on any atom is -1.00 e. The van der Waals surface area contributed by atoms with Crippen molar-refractivity contribution in [3.05, 3.63) is 0 Å². The second kappa shape index (κ2) is 35.9. The quantitative estimate of drug-likeness (QED) is 0.0361. The van der Waals surface area contributed by atoms with Crippen LogP contribution in [0.15, 0.2) is 0 Å². The first kappa shape index (κ1) is 42.8. The summed E-state index contributed by atoms with van der Waals surface area (Å²) in [5, 5.41) is 0. The summed E-state index contributed by atoms with van der Waals surface area (Å²) in [6, 6.07) is 0. The van der Waals surface area contributed by atoms with Gasteiger partial charge < -0.3 is 28.5 Å². The van der Waals surface area contributed by atoms with Crippen molar-refractivity contribution in [2.45, 2.75) is 220 Å². The Bertz CT molecular complexity index is 397.